The van der Waals surface area contributed by atoms with Crippen molar-refractivity contribution in [3.8, 4) is 0 Å². The van der Waals surface area contributed by atoms with Crippen LogP contribution in [-0.2, 0) is 4.79 Å². The highest BCUT2D eigenvalue weighted by Crippen LogP contribution is 2.33. The molecule has 1 amide bonds. The number of halogens is 2. The first-order valence-electron chi connectivity index (χ1n) is 5.33. The van der Waals surface area contributed by atoms with Gasteiger partial charge in [-0.2, -0.15) is 0 Å². The summed E-state index contributed by atoms with van der Waals surface area (Å²) in [5, 5.41) is 11.6. The number of hydrogen-bond donors (Lipinski definition) is 2. The van der Waals surface area contributed by atoms with Gasteiger partial charge in [-0.05, 0) is 40.8 Å². The average molecular weight is 334 g/mol. The summed E-state index contributed by atoms with van der Waals surface area (Å²) < 4.78 is 0.607. The van der Waals surface area contributed by atoms with Crippen molar-refractivity contribution in [3.63, 3.8) is 0 Å². The molecule has 1 atom stereocenters. The lowest BCUT2D eigenvalue weighted by Gasteiger charge is -2.13. The number of carbonyl (C=O) groups is 2. The molecule has 0 spiro atoms. The number of carboxylic acid groups (broad SMARTS) is 1. The van der Waals surface area contributed by atoms with Crippen LogP contribution in [0.15, 0.2) is 16.7 Å². The molecule has 1 aromatic heterocycles. The van der Waals surface area contributed by atoms with Crippen molar-refractivity contribution in [2.45, 2.75) is 18.9 Å². The fraction of sp³-hybridized carbons (Fsp3) is 0.364. The summed E-state index contributed by atoms with van der Waals surface area (Å²) in [5.74, 6) is -1.52. The predicted molar refractivity (Wildman–Crippen MR) is 68.6 cm³/mol. The predicted octanol–water partition coefficient (Wildman–Crippen LogP) is 2.09. The smallest absolute Gasteiger partial charge is 0.326 e. The molecule has 0 bridgehead atoms. The molecule has 0 radical (unpaired) electrons. The van der Waals surface area contributed by atoms with Crippen LogP contribution in [0, 0.1) is 5.92 Å². The van der Waals surface area contributed by atoms with Crippen LogP contribution in [0.25, 0.3) is 0 Å². The van der Waals surface area contributed by atoms with Gasteiger partial charge in [0.15, 0.2) is 0 Å². The molecule has 1 unspecified atom stereocenters. The van der Waals surface area contributed by atoms with Gasteiger partial charge in [-0.3, -0.25) is 4.79 Å². The minimum absolute atomic E-state index is 0.0188. The number of aliphatic carboxylic acids is 1. The molecule has 7 heteroatoms. The van der Waals surface area contributed by atoms with Gasteiger partial charge >= 0.3 is 5.97 Å². The van der Waals surface area contributed by atoms with Gasteiger partial charge in [0, 0.05) is 10.7 Å². The highest BCUT2D eigenvalue weighted by Gasteiger charge is 2.37. The van der Waals surface area contributed by atoms with Crippen LogP contribution in [0.4, 0.5) is 0 Å². The van der Waals surface area contributed by atoms with E-state index in [-0.39, 0.29) is 16.6 Å². The molecule has 1 aliphatic rings. The maximum atomic E-state index is 11.9. The summed E-state index contributed by atoms with van der Waals surface area (Å²) in [4.78, 5) is 26.8. The number of hydrogen-bond acceptors (Lipinski definition) is 3. The van der Waals surface area contributed by atoms with Gasteiger partial charge < -0.3 is 10.4 Å². The van der Waals surface area contributed by atoms with E-state index in [1.54, 1.807) is 0 Å². The first-order chi connectivity index (χ1) is 8.49. The van der Waals surface area contributed by atoms with E-state index in [1.807, 2.05) is 0 Å². The normalized spacial score (nSPS) is 16.1. The molecule has 2 N–H and O–H groups in total. The number of pyridine rings is 1. The van der Waals surface area contributed by atoms with E-state index < -0.39 is 17.9 Å². The van der Waals surface area contributed by atoms with Crippen LogP contribution < -0.4 is 5.32 Å². The van der Waals surface area contributed by atoms with E-state index in [4.69, 9.17) is 16.7 Å². The minimum atomic E-state index is -1.02. The Bertz CT molecular complexity index is 505. The van der Waals surface area contributed by atoms with Crippen LogP contribution in [0.1, 0.15) is 23.2 Å². The second kappa shape index (κ2) is 5.24. The summed E-state index contributed by atoms with van der Waals surface area (Å²) in [6.45, 7) is 0. The largest absolute Gasteiger partial charge is 0.480 e. The zero-order valence-electron chi connectivity index (χ0n) is 9.19. The molecule has 96 valence electrons. The van der Waals surface area contributed by atoms with Gasteiger partial charge in [0.1, 0.15) is 11.2 Å². The summed E-state index contributed by atoms with van der Waals surface area (Å²) in [6, 6.07) is 0.656. The Morgan fingerprint density at radius 3 is 2.78 bits per heavy atom. The zero-order valence-corrected chi connectivity index (χ0v) is 11.5. The van der Waals surface area contributed by atoms with E-state index in [1.165, 1.54) is 12.3 Å². The fourth-order valence-corrected chi connectivity index (χ4v) is 2.13. The molecule has 0 aromatic carbocycles. The van der Waals surface area contributed by atoms with Crippen LogP contribution in [0.5, 0.6) is 0 Å². The van der Waals surface area contributed by atoms with Gasteiger partial charge in [-0.1, -0.05) is 11.6 Å². The van der Waals surface area contributed by atoms with Crippen LogP contribution in [0.3, 0.4) is 0 Å². The first kappa shape index (κ1) is 13.3. The highest BCUT2D eigenvalue weighted by atomic mass is 79.9. The van der Waals surface area contributed by atoms with Crippen molar-refractivity contribution < 1.29 is 14.7 Å². The molecule has 0 aliphatic heterocycles. The summed E-state index contributed by atoms with van der Waals surface area (Å²) in [7, 11) is 0. The van der Waals surface area contributed by atoms with Crippen molar-refractivity contribution in [1.82, 2.24) is 10.3 Å². The summed E-state index contributed by atoms with van der Waals surface area (Å²) in [6.07, 6.45) is 3.11. The van der Waals surface area contributed by atoms with Crippen molar-refractivity contribution in [3.05, 3.63) is 27.5 Å². The van der Waals surface area contributed by atoms with Crippen molar-refractivity contribution in [1.29, 1.82) is 0 Å². The van der Waals surface area contributed by atoms with Gasteiger partial charge in [0.25, 0.3) is 5.91 Å². The molecule has 5 nitrogen and oxygen atoms in total. The second-order valence-corrected chi connectivity index (χ2v) is 5.39. The van der Waals surface area contributed by atoms with Gasteiger partial charge in [0.2, 0.25) is 0 Å². The lowest BCUT2D eigenvalue weighted by Crippen LogP contribution is -2.42. The number of carbonyl (C=O) groups excluding carboxylic acids is 1. The van der Waals surface area contributed by atoms with E-state index in [0.717, 1.165) is 12.8 Å². The number of amides is 1. The van der Waals surface area contributed by atoms with Crippen LogP contribution in [0.2, 0.25) is 5.15 Å². The Hall–Kier alpha value is -1.14. The van der Waals surface area contributed by atoms with E-state index in [9.17, 15) is 9.59 Å². The third-order valence-corrected chi connectivity index (χ3v) is 3.43. The number of rotatable bonds is 4. The van der Waals surface area contributed by atoms with E-state index in [2.05, 4.69) is 26.2 Å². The zero-order chi connectivity index (χ0) is 13.3. The highest BCUT2D eigenvalue weighted by molar-refractivity contribution is 9.10. The summed E-state index contributed by atoms with van der Waals surface area (Å²) >= 11 is 8.99. The fourth-order valence-electron chi connectivity index (χ4n) is 1.61. The van der Waals surface area contributed by atoms with E-state index in [0.29, 0.717) is 4.47 Å². The molecule has 2 rings (SSSR count). The molecular weight excluding hydrogens is 323 g/mol. The Balaban J connectivity index is 2.15. The quantitative estimate of drug-likeness (QED) is 0.827. The molecular formula is C11H10BrClN2O3. The Morgan fingerprint density at radius 2 is 2.22 bits per heavy atom. The van der Waals surface area contributed by atoms with Crippen molar-refractivity contribution in [2.75, 3.05) is 0 Å². The monoisotopic (exact) mass is 332 g/mol. The Labute approximate surface area is 117 Å². The topological polar surface area (TPSA) is 79.3 Å². The molecule has 1 fully saturated rings. The van der Waals surface area contributed by atoms with Crippen molar-refractivity contribution >= 4 is 39.4 Å². The number of carboxylic acids is 1. The number of nitrogens with zero attached hydrogens (tertiary/aromatic N) is 1. The maximum Gasteiger partial charge on any atom is 0.326 e. The SMILES string of the molecule is O=C(NC(C(=O)O)C1CC1)c1cc(Br)cnc1Cl. The van der Waals surface area contributed by atoms with Gasteiger partial charge in [-0.25, -0.2) is 9.78 Å². The molecule has 1 heterocycles. The third kappa shape index (κ3) is 3.00. The van der Waals surface area contributed by atoms with Gasteiger partial charge in [0.05, 0.1) is 5.56 Å². The number of nitrogens with one attached hydrogen (secondary N) is 1. The van der Waals surface area contributed by atoms with Crippen LogP contribution >= 0.6 is 27.5 Å². The van der Waals surface area contributed by atoms with Crippen LogP contribution in [-0.4, -0.2) is 28.0 Å². The second-order valence-electron chi connectivity index (χ2n) is 4.12. The Kier molecular flexibility index (Phi) is 3.87. The number of aromatic nitrogens is 1. The van der Waals surface area contributed by atoms with Crippen molar-refractivity contribution in [2.24, 2.45) is 5.92 Å². The first-order valence-corrected chi connectivity index (χ1v) is 6.51. The van der Waals surface area contributed by atoms with Gasteiger partial charge in [-0.15, -0.1) is 0 Å². The molecule has 1 saturated carbocycles. The molecule has 1 aromatic rings. The molecule has 0 saturated heterocycles. The maximum absolute atomic E-state index is 11.9. The van der Waals surface area contributed by atoms with E-state index >= 15 is 0 Å². The standard InChI is InChI=1S/C11H10BrClN2O3/c12-6-3-7(9(13)14-4-6)10(16)15-8(11(17)18)5-1-2-5/h3-5,8H,1-2H2,(H,15,16)(H,17,18). The molecule has 18 heavy (non-hydrogen) atoms. The molecule has 1 aliphatic carbocycles. The third-order valence-electron chi connectivity index (χ3n) is 2.70. The lowest BCUT2D eigenvalue weighted by molar-refractivity contribution is -0.139. The lowest BCUT2D eigenvalue weighted by atomic mass is 10.1. The summed E-state index contributed by atoms with van der Waals surface area (Å²) in [5.41, 5.74) is 0.165. The Morgan fingerprint density at radius 1 is 1.56 bits per heavy atom. The minimum Gasteiger partial charge on any atom is -0.480 e. The average Bonchev–Trinajstić information content (AvgIpc) is 3.12.